The molecule has 0 unspecified atom stereocenters. The molecular formula is C16H18F4O3. The minimum atomic E-state index is -4.27. The SMILES string of the molecule is O=C(OCCOc1ccccc1F)[C@H]1CCC[C@@H](C(F)(F)F)C1. The van der Waals surface area contributed by atoms with Crippen molar-refractivity contribution in [3.63, 3.8) is 0 Å². The van der Waals surface area contributed by atoms with Gasteiger partial charge in [0.05, 0.1) is 11.8 Å². The van der Waals surface area contributed by atoms with Crippen molar-refractivity contribution in [3.8, 4) is 5.75 Å². The van der Waals surface area contributed by atoms with E-state index >= 15 is 0 Å². The molecule has 7 heteroatoms. The molecule has 0 saturated heterocycles. The Morgan fingerprint density at radius 2 is 1.91 bits per heavy atom. The molecule has 1 aliphatic carbocycles. The number of alkyl halides is 3. The summed E-state index contributed by atoms with van der Waals surface area (Å²) in [5, 5.41) is 0. The van der Waals surface area contributed by atoms with Crippen LogP contribution in [-0.2, 0) is 9.53 Å². The summed E-state index contributed by atoms with van der Waals surface area (Å²) in [5.74, 6) is -3.30. The lowest BCUT2D eigenvalue weighted by molar-refractivity contribution is -0.189. The molecule has 0 aromatic heterocycles. The number of carbonyl (C=O) groups is 1. The van der Waals surface area contributed by atoms with Gasteiger partial charge in [-0.2, -0.15) is 13.2 Å². The van der Waals surface area contributed by atoms with Crippen LogP contribution in [0.5, 0.6) is 5.75 Å². The van der Waals surface area contributed by atoms with Gasteiger partial charge < -0.3 is 9.47 Å². The fraction of sp³-hybridized carbons (Fsp3) is 0.562. The number of ether oxygens (including phenoxy) is 2. The summed E-state index contributed by atoms with van der Waals surface area (Å²) in [6, 6.07) is 5.79. The highest BCUT2D eigenvalue weighted by Gasteiger charge is 2.43. The summed E-state index contributed by atoms with van der Waals surface area (Å²) in [5.41, 5.74) is 0. The third-order valence-electron chi connectivity index (χ3n) is 3.89. The first-order valence-corrected chi connectivity index (χ1v) is 7.48. The Kier molecular flexibility index (Phi) is 5.85. The molecular weight excluding hydrogens is 316 g/mol. The predicted molar refractivity (Wildman–Crippen MR) is 74.4 cm³/mol. The summed E-state index contributed by atoms with van der Waals surface area (Å²) in [6.07, 6.45) is -3.68. The molecule has 1 saturated carbocycles. The maximum Gasteiger partial charge on any atom is 0.391 e. The number of para-hydroxylation sites is 1. The second-order valence-electron chi connectivity index (χ2n) is 5.55. The Balaban J connectivity index is 1.73. The van der Waals surface area contributed by atoms with E-state index in [0.717, 1.165) is 0 Å². The molecule has 2 rings (SSSR count). The summed E-state index contributed by atoms with van der Waals surface area (Å²) in [7, 11) is 0. The average Bonchev–Trinajstić information content (AvgIpc) is 2.52. The van der Waals surface area contributed by atoms with E-state index in [1.807, 2.05) is 0 Å². The summed E-state index contributed by atoms with van der Waals surface area (Å²) in [4.78, 5) is 11.8. The Bertz CT molecular complexity index is 530. The Morgan fingerprint density at radius 3 is 2.61 bits per heavy atom. The van der Waals surface area contributed by atoms with Crippen molar-refractivity contribution in [1.82, 2.24) is 0 Å². The fourth-order valence-corrected chi connectivity index (χ4v) is 2.67. The van der Waals surface area contributed by atoms with Crippen molar-refractivity contribution in [2.45, 2.75) is 31.9 Å². The Hall–Kier alpha value is -1.79. The monoisotopic (exact) mass is 334 g/mol. The van der Waals surface area contributed by atoms with E-state index in [4.69, 9.17) is 9.47 Å². The van der Waals surface area contributed by atoms with E-state index in [9.17, 15) is 22.4 Å². The molecule has 1 aromatic rings. The molecule has 128 valence electrons. The van der Waals surface area contributed by atoms with Gasteiger partial charge in [0, 0.05) is 0 Å². The van der Waals surface area contributed by atoms with Crippen molar-refractivity contribution < 1.29 is 31.8 Å². The molecule has 0 amide bonds. The first-order valence-electron chi connectivity index (χ1n) is 7.48. The highest BCUT2D eigenvalue weighted by molar-refractivity contribution is 5.72. The quantitative estimate of drug-likeness (QED) is 0.462. The molecule has 0 bridgehead atoms. The number of esters is 1. The zero-order valence-corrected chi connectivity index (χ0v) is 12.4. The van der Waals surface area contributed by atoms with E-state index in [-0.39, 0.29) is 31.8 Å². The highest BCUT2D eigenvalue weighted by atomic mass is 19.4. The number of hydrogen-bond donors (Lipinski definition) is 0. The van der Waals surface area contributed by atoms with Crippen LogP contribution in [0.2, 0.25) is 0 Å². The van der Waals surface area contributed by atoms with Crippen molar-refractivity contribution in [2.75, 3.05) is 13.2 Å². The van der Waals surface area contributed by atoms with Gasteiger partial charge in [-0.3, -0.25) is 4.79 Å². The van der Waals surface area contributed by atoms with Gasteiger partial charge >= 0.3 is 12.1 Å². The molecule has 0 N–H and O–H groups in total. The van der Waals surface area contributed by atoms with Gasteiger partial charge in [-0.25, -0.2) is 4.39 Å². The van der Waals surface area contributed by atoms with Gasteiger partial charge in [0.1, 0.15) is 13.2 Å². The van der Waals surface area contributed by atoms with E-state index in [1.54, 1.807) is 6.07 Å². The van der Waals surface area contributed by atoms with Crippen molar-refractivity contribution in [1.29, 1.82) is 0 Å². The third kappa shape index (κ3) is 5.11. The lowest BCUT2D eigenvalue weighted by atomic mass is 9.81. The molecule has 3 nitrogen and oxygen atoms in total. The highest BCUT2D eigenvalue weighted by Crippen LogP contribution is 2.40. The Labute approximate surface area is 131 Å². The molecule has 0 spiro atoms. The van der Waals surface area contributed by atoms with Gasteiger partial charge in [-0.15, -0.1) is 0 Å². The molecule has 1 aromatic carbocycles. The van der Waals surface area contributed by atoms with Crippen LogP contribution < -0.4 is 4.74 Å². The molecule has 0 heterocycles. The Morgan fingerprint density at radius 1 is 1.17 bits per heavy atom. The molecule has 2 atom stereocenters. The number of hydrogen-bond acceptors (Lipinski definition) is 3. The summed E-state index contributed by atoms with van der Waals surface area (Å²) < 4.78 is 61.5. The first-order chi connectivity index (χ1) is 10.9. The van der Waals surface area contributed by atoms with Gasteiger partial charge in [0.15, 0.2) is 11.6 Å². The standard InChI is InChI=1S/C16H18F4O3/c17-13-6-1-2-7-14(13)22-8-9-23-15(21)11-4-3-5-12(10-11)16(18,19)20/h1-2,6-7,11-12H,3-5,8-10H2/t11-,12+/m0/s1. The second kappa shape index (κ2) is 7.66. The van der Waals surface area contributed by atoms with Gasteiger partial charge in [-0.05, 0) is 31.4 Å². The second-order valence-corrected chi connectivity index (χ2v) is 5.55. The predicted octanol–water partition coefficient (Wildman–Crippen LogP) is 4.12. The summed E-state index contributed by atoms with van der Waals surface area (Å²) in [6.45, 7) is -0.178. The van der Waals surface area contributed by atoms with E-state index in [0.29, 0.717) is 12.8 Å². The first kappa shape index (κ1) is 17.6. The van der Waals surface area contributed by atoms with E-state index < -0.39 is 29.8 Å². The molecule has 0 radical (unpaired) electrons. The smallest absolute Gasteiger partial charge is 0.391 e. The van der Waals surface area contributed by atoms with Crippen LogP contribution in [0.25, 0.3) is 0 Å². The number of halogens is 4. The number of rotatable bonds is 5. The van der Waals surface area contributed by atoms with Crippen LogP contribution >= 0.6 is 0 Å². The van der Waals surface area contributed by atoms with Crippen LogP contribution in [0, 0.1) is 17.7 Å². The van der Waals surface area contributed by atoms with Crippen molar-refractivity contribution >= 4 is 5.97 Å². The van der Waals surface area contributed by atoms with Crippen molar-refractivity contribution in [2.24, 2.45) is 11.8 Å². The molecule has 1 fully saturated rings. The van der Waals surface area contributed by atoms with Crippen LogP contribution in [0.4, 0.5) is 17.6 Å². The normalized spacial score (nSPS) is 21.7. The minimum Gasteiger partial charge on any atom is -0.487 e. The largest absolute Gasteiger partial charge is 0.487 e. The van der Waals surface area contributed by atoms with Gasteiger partial charge in [0.2, 0.25) is 0 Å². The zero-order chi connectivity index (χ0) is 16.9. The van der Waals surface area contributed by atoms with Crippen LogP contribution in [0.1, 0.15) is 25.7 Å². The minimum absolute atomic E-state index is 0.0401. The lowest BCUT2D eigenvalue weighted by Gasteiger charge is -2.29. The van der Waals surface area contributed by atoms with Gasteiger partial charge in [-0.1, -0.05) is 18.6 Å². The maximum atomic E-state index is 13.3. The zero-order valence-electron chi connectivity index (χ0n) is 12.4. The van der Waals surface area contributed by atoms with Crippen LogP contribution in [0.15, 0.2) is 24.3 Å². The van der Waals surface area contributed by atoms with E-state index in [1.165, 1.54) is 18.2 Å². The third-order valence-corrected chi connectivity index (χ3v) is 3.89. The molecule has 0 aliphatic heterocycles. The average molecular weight is 334 g/mol. The van der Waals surface area contributed by atoms with E-state index in [2.05, 4.69) is 0 Å². The summed E-state index contributed by atoms with van der Waals surface area (Å²) >= 11 is 0. The number of benzene rings is 1. The fourth-order valence-electron chi connectivity index (χ4n) is 2.67. The lowest BCUT2D eigenvalue weighted by Crippen LogP contribution is -2.33. The van der Waals surface area contributed by atoms with Crippen LogP contribution in [-0.4, -0.2) is 25.4 Å². The topological polar surface area (TPSA) is 35.5 Å². The van der Waals surface area contributed by atoms with Gasteiger partial charge in [0.25, 0.3) is 0 Å². The number of carbonyl (C=O) groups excluding carboxylic acids is 1. The molecule has 1 aliphatic rings. The van der Waals surface area contributed by atoms with Crippen LogP contribution in [0.3, 0.4) is 0 Å². The maximum absolute atomic E-state index is 13.3. The van der Waals surface area contributed by atoms with Crippen molar-refractivity contribution in [3.05, 3.63) is 30.1 Å². The molecule has 23 heavy (non-hydrogen) atoms.